The number of nitrogens with two attached hydrogens (primary N) is 1. The minimum absolute atomic E-state index is 0.160. The van der Waals surface area contributed by atoms with Crippen LogP contribution in [0.1, 0.15) is 63.0 Å². The van der Waals surface area contributed by atoms with Crippen molar-refractivity contribution >= 4 is 57.7 Å². The van der Waals surface area contributed by atoms with Gasteiger partial charge in [0.1, 0.15) is 15.8 Å². The first kappa shape index (κ1) is 26.3. The third-order valence-electron chi connectivity index (χ3n) is 6.90. The van der Waals surface area contributed by atoms with Crippen LogP contribution in [0.3, 0.4) is 0 Å². The van der Waals surface area contributed by atoms with Crippen LogP contribution in [0.2, 0.25) is 0 Å². The van der Waals surface area contributed by atoms with Gasteiger partial charge in [-0.1, -0.05) is 62.7 Å². The molecule has 2 aromatic heterocycles. The quantitative estimate of drug-likeness (QED) is 0.300. The number of pyridine rings is 1. The zero-order valence-electron chi connectivity index (χ0n) is 20.9. The van der Waals surface area contributed by atoms with E-state index in [9.17, 15) is 14.4 Å². The molecule has 0 saturated carbocycles. The minimum Gasteiger partial charge on any atom is -0.369 e. The lowest BCUT2D eigenvalue weighted by atomic mass is 9.96. The van der Waals surface area contributed by atoms with Gasteiger partial charge in [-0.05, 0) is 43.9 Å². The van der Waals surface area contributed by atoms with Crippen LogP contribution in [0, 0.1) is 12.8 Å². The second-order valence-corrected chi connectivity index (χ2v) is 11.1. The molecule has 2 N–H and O–H groups in total. The van der Waals surface area contributed by atoms with Crippen molar-refractivity contribution in [2.75, 3.05) is 24.5 Å². The van der Waals surface area contributed by atoms with E-state index in [2.05, 4.69) is 6.92 Å². The van der Waals surface area contributed by atoms with E-state index < -0.39 is 0 Å². The summed E-state index contributed by atoms with van der Waals surface area (Å²) in [7, 11) is 0. The number of fused-ring (bicyclic) bond motifs is 1. The van der Waals surface area contributed by atoms with E-state index in [0.717, 1.165) is 24.8 Å². The molecule has 0 aromatic carbocycles. The van der Waals surface area contributed by atoms with Crippen molar-refractivity contribution in [3.8, 4) is 0 Å². The second kappa shape index (κ2) is 11.6. The summed E-state index contributed by atoms with van der Waals surface area (Å²) in [5.41, 5.74) is 7.09. The molecule has 192 valence electrons. The summed E-state index contributed by atoms with van der Waals surface area (Å²) in [6.07, 6.45) is 10.0. The highest BCUT2D eigenvalue weighted by molar-refractivity contribution is 8.26. The Morgan fingerprint density at radius 1 is 1.22 bits per heavy atom. The van der Waals surface area contributed by atoms with Gasteiger partial charge in [0.2, 0.25) is 5.91 Å². The number of anilines is 1. The van der Waals surface area contributed by atoms with E-state index in [1.165, 1.54) is 29.0 Å². The highest BCUT2D eigenvalue weighted by Crippen LogP contribution is 2.34. The first-order valence-electron chi connectivity index (χ1n) is 12.6. The van der Waals surface area contributed by atoms with Crippen LogP contribution in [0.15, 0.2) is 28.0 Å². The van der Waals surface area contributed by atoms with Gasteiger partial charge in [0.05, 0.1) is 10.5 Å². The molecular formula is C26H33N5O3S2. The molecule has 2 fully saturated rings. The van der Waals surface area contributed by atoms with Gasteiger partial charge in [0.15, 0.2) is 0 Å². The predicted molar refractivity (Wildman–Crippen MR) is 149 cm³/mol. The standard InChI is InChI=1S/C26H33N5O3S2/c1-3-4-5-6-7-12-31-25(34)20(36-26(31)35)16-19-23(29-14-10-18(11-15-29)21(27)32)28-22-17(2)9-8-13-30(22)24(19)33/h8-9,13,16,18H,3-7,10-12,14-15H2,1-2H3,(H2,27,32). The molecular weight excluding hydrogens is 494 g/mol. The Morgan fingerprint density at radius 3 is 2.64 bits per heavy atom. The van der Waals surface area contributed by atoms with Gasteiger partial charge in [0.25, 0.3) is 11.5 Å². The maximum atomic E-state index is 13.7. The summed E-state index contributed by atoms with van der Waals surface area (Å²) >= 11 is 6.74. The fraction of sp³-hybridized carbons (Fsp3) is 0.500. The largest absolute Gasteiger partial charge is 0.369 e. The predicted octanol–water partition coefficient (Wildman–Crippen LogP) is 3.88. The third kappa shape index (κ3) is 5.49. The molecule has 4 rings (SSSR count). The Morgan fingerprint density at radius 2 is 1.94 bits per heavy atom. The molecule has 8 nitrogen and oxygen atoms in total. The van der Waals surface area contributed by atoms with Crippen molar-refractivity contribution in [3.05, 3.63) is 44.7 Å². The number of piperidine rings is 1. The Balaban J connectivity index is 1.67. The molecule has 0 spiro atoms. The number of carbonyl (C=O) groups is 2. The molecule has 2 saturated heterocycles. The number of carbonyl (C=O) groups excluding carboxylic acids is 2. The molecule has 0 atom stereocenters. The van der Waals surface area contributed by atoms with Gasteiger partial charge in [-0.2, -0.15) is 0 Å². The maximum absolute atomic E-state index is 13.7. The molecule has 2 aliphatic heterocycles. The lowest BCUT2D eigenvalue weighted by molar-refractivity contribution is -0.123. The normalized spacial score (nSPS) is 18.1. The monoisotopic (exact) mass is 527 g/mol. The number of hydrogen-bond donors (Lipinski definition) is 1. The minimum atomic E-state index is -0.296. The lowest BCUT2D eigenvalue weighted by Crippen LogP contribution is -2.40. The average molecular weight is 528 g/mol. The van der Waals surface area contributed by atoms with Crippen LogP contribution >= 0.6 is 24.0 Å². The summed E-state index contributed by atoms with van der Waals surface area (Å²) in [5, 5.41) is 0. The van der Waals surface area contributed by atoms with Crippen LogP contribution in [0.5, 0.6) is 0 Å². The van der Waals surface area contributed by atoms with Gasteiger partial charge in [0, 0.05) is 31.7 Å². The molecule has 10 heteroatoms. The highest BCUT2D eigenvalue weighted by Gasteiger charge is 2.33. The third-order valence-corrected chi connectivity index (χ3v) is 8.27. The summed E-state index contributed by atoms with van der Waals surface area (Å²) < 4.78 is 2.05. The van der Waals surface area contributed by atoms with Crippen LogP contribution in [0.25, 0.3) is 11.7 Å². The number of nitrogens with zero attached hydrogens (tertiary/aromatic N) is 4. The molecule has 0 radical (unpaired) electrons. The van der Waals surface area contributed by atoms with E-state index in [1.807, 2.05) is 24.0 Å². The first-order chi connectivity index (χ1) is 17.3. The number of aryl methyl sites for hydroxylation is 1. The van der Waals surface area contributed by atoms with E-state index in [-0.39, 0.29) is 23.3 Å². The SMILES string of the molecule is CCCCCCCN1C(=O)C(=Cc2c(N3CCC(C(N)=O)CC3)nc3c(C)cccn3c2=O)SC1=S. The van der Waals surface area contributed by atoms with Gasteiger partial charge in [-0.25, -0.2) is 4.98 Å². The summed E-state index contributed by atoms with van der Waals surface area (Å²) in [4.78, 5) is 47.5. The molecule has 2 aromatic rings. The molecule has 2 amide bonds. The van der Waals surface area contributed by atoms with Crippen LogP contribution < -0.4 is 16.2 Å². The number of aromatic nitrogens is 2. The zero-order chi connectivity index (χ0) is 25.8. The van der Waals surface area contributed by atoms with Crippen molar-refractivity contribution in [3.63, 3.8) is 0 Å². The molecule has 0 unspecified atom stereocenters. The highest BCUT2D eigenvalue weighted by atomic mass is 32.2. The lowest BCUT2D eigenvalue weighted by Gasteiger charge is -2.32. The Kier molecular flexibility index (Phi) is 8.46. The molecule has 0 bridgehead atoms. The number of rotatable bonds is 9. The zero-order valence-corrected chi connectivity index (χ0v) is 22.5. The van der Waals surface area contributed by atoms with Gasteiger partial charge in [-0.15, -0.1) is 0 Å². The Hall–Kier alpha value is -2.72. The number of amides is 2. The summed E-state index contributed by atoms with van der Waals surface area (Å²) in [5.74, 6) is -0.105. The first-order valence-corrected chi connectivity index (χ1v) is 13.9. The van der Waals surface area contributed by atoms with Crippen molar-refractivity contribution in [1.29, 1.82) is 0 Å². The smallest absolute Gasteiger partial charge is 0.267 e. The van der Waals surface area contributed by atoms with Crippen molar-refractivity contribution in [2.24, 2.45) is 11.7 Å². The van der Waals surface area contributed by atoms with Crippen LogP contribution in [-0.2, 0) is 9.59 Å². The fourth-order valence-corrected chi connectivity index (χ4v) is 6.03. The number of thiocarbonyl (C=S) groups is 1. The number of unbranched alkanes of at least 4 members (excludes halogenated alkanes) is 4. The van der Waals surface area contributed by atoms with Gasteiger partial charge < -0.3 is 10.6 Å². The van der Waals surface area contributed by atoms with Crippen molar-refractivity contribution in [2.45, 2.75) is 58.8 Å². The molecule has 4 heterocycles. The molecule has 36 heavy (non-hydrogen) atoms. The topological polar surface area (TPSA) is 101 Å². The fourth-order valence-electron chi connectivity index (χ4n) is 4.74. The summed E-state index contributed by atoms with van der Waals surface area (Å²) in [6.45, 7) is 5.79. The van der Waals surface area contributed by atoms with E-state index in [1.54, 1.807) is 17.2 Å². The Bertz CT molecular complexity index is 1260. The van der Waals surface area contributed by atoms with Crippen molar-refractivity contribution in [1.82, 2.24) is 14.3 Å². The van der Waals surface area contributed by atoms with Gasteiger partial charge in [-0.3, -0.25) is 23.7 Å². The average Bonchev–Trinajstić information content (AvgIpc) is 3.13. The van der Waals surface area contributed by atoms with Crippen molar-refractivity contribution < 1.29 is 9.59 Å². The maximum Gasteiger partial charge on any atom is 0.267 e. The van der Waals surface area contributed by atoms with Crippen LogP contribution in [0.4, 0.5) is 5.82 Å². The van der Waals surface area contributed by atoms with E-state index in [0.29, 0.717) is 58.7 Å². The van der Waals surface area contributed by atoms with E-state index >= 15 is 0 Å². The van der Waals surface area contributed by atoms with Crippen LogP contribution in [-0.4, -0.2) is 50.1 Å². The van der Waals surface area contributed by atoms with E-state index in [4.69, 9.17) is 22.9 Å². The Labute approximate surface area is 220 Å². The number of primary amides is 1. The molecule has 0 aliphatic carbocycles. The molecule has 2 aliphatic rings. The van der Waals surface area contributed by atoms with Gasteiger partial charge >= 0.3 is 0 Å². The number of thioether (sulfide) groups is 1. The number of hydrogen-bond acceptors (Lipinski definition) is 7. The second-order valence-electron chi connectivity index (χ2n) is 9.45. The summed E-state index contributed by atoms with van der Waals surface area (Å²) in [6, 6.07) is 3.72.